The molecule has 3 heteroatoms. The highest BCUT2D eigenvalue weighted by molar-refractivity contribution is 5.35. The van der Waals surface area contributed by atoms with Crippen LogP contribution in [0.2, 0.25) is 0 Å². The monoisotopic (exact) mass is 271 g/mol. The van der Waals surface area contributed by atoms with E-state index in [2.05, 4.69) is 62.3 Å². The highest BCUT2D eigenvalue weighted by atomic mass is 15.0. The molecule has 2 unspecified atom stereocenters. The third-order valence-electron chi connectivity index (χ3n) is 3.56. The molecule has 0 fully saturated rings. The zero-order chi connectivity index (χ0) is 14.5. The van der Waals surface area contributed by atoms with Crippen molar-refractivity contribution in [1.29, 1.82) is 0 Å². The molecule has 1 aromatic carbocycles. The molecule has 3 nitrogen and oxygen atoms in total. The van der Waals surface area contributed by atoms with Gasteiger partial charge >= 0.3 is 0 Å². The Bertz CT molecular complexity index is 500. The van der Waals surface area contributed by atoms with E-state index in [4.69, 9.17) is 0 Å². The van der Waals surface area contributed by atoms with Crippen molar-refractivity contribution in [2.45, 2.75) is 46.2 Å². The van der Waals surface area contributed by atoms with E-state index in [0.29, 0.717) is 12.1 Å². The summed E-state index contributed by atoms with van der Waals surface area (Å²) < 4.78 is 2.02. The number of rotatable bonds is 6. The maximum absolute atomic E-state index is 4.07. The lowest BCUT2D eigenvalue weighted by atomic mass is 10.0. The summed E-state index contributed by atoms with van der Waals surface area (Å²) in [5.74, 6) is 0.730. The van der Waals surface area contributed by atoms with Gasteiger partial charge in [-0.25, -0.2) is 4.98 Å². The first-order chi connectivity index (χ1) is 9.56. The van der Waals surface area contributed by atoms with Crippen LogP contribution in [0.25, 0.3) is 5.69 Å². The van der Waals surface area contributed by atoms with Gasteiger partial charge in [-0.3, -0.25) is 0 Å². The number of nitrogens with zero attached hydrogens (tertiary/aromatic N) is 2. The summed E-state index contributed by atoms with van der Waals surface area (Å²) in [5.41, 5.74) is 2.47. The predicted molar refractivity (Wildman–Crippen MR) is 84.0 cm³/mol. The van der Waals surface area contributed by atoms with Crippen molar-refractivity contribution in [3.05, 3.63) is 48.5 Å². The zero-order valence-corrected chi connectivity index (χ0v) is 12.9. The van der Waals surface area contributed by atoms with Crippen LogP contribution in [-0.2, 0) is 0 Å². The Balaban J connectivity index is 1.99. The molecule has 1 N–H and O–H groups in total. The van der Waals surface area contributed by atoms with Gasteiger partial charge in [-0.15, -0.1) is 0 Å². The van der Waals surface area contributed by atoms with E-state index >= 15 is 0 Å². The molecule has 2 aromatic rings. The second-order valence-electron chi connectivity index (χ2n) is 5.98. The van der Waals surface area contributed by atoms with Crippen LogP contribution in [0.4, 0.5) is 0 Å². The molecule has 20 heavy (non-hydrogen) atoms. The molecular weight excluding hydrogens is 246 g/mol. The normalized spacial score (nSPS) is 14.4. The lowest BCUT2D eigenvalue weighted by molar-refractivity contribution is 0.407. The first kappa shape index (κ1) is 14.8. The van der Waals surface area contributed by atoms with E-state index in [-0.39, 0.29) is 0 Å². The van der Waals surface area contributed by atoms with Gasteiger partial charge in [0.1, 0.15) is 0 Å². The predicted octanol–water partition coefficient (Wildman–Crippen LogP) is 3.96. The van der Waals surface area contributed by atoms with Crippen LogP contribution >= 0.6 is 0 Å². The fraction of sp³-hybridized carbons (Fsp3) is 0.471. The van der Waals surface area contributed by atoms with Crippen LogP contribution in [0.15, 0.2) is 43.0 Å². The Morgan fingerprint density at radius 2 is 1.80 bits per heavy atom. The van der Waals surface area contributed by atoms with E-state index in [1.807, 2.05) is 17.1 Å². The molecule has 108 valence electrons. The van der Waals surface area contributed by atoms with Crippen LogP contribution in [0.5, 0.6) is 0 Å². The van der Waals surface area contributed by atoms with Crippen molar-refractivity contribution in [3.8, 4) is 5.69 Å². The fourth-order valence-corrected chi connectivity index (χ4v) is 2.65. The van der Waals surface area contributed by atoms with Gasteiger partial charge in [-0.2, -0.15) is 0 Å². The molecular formula is C17H25N3. The van der Waals surface area contributed by atoms with E-state index in [0.717, 1.165) is 11.6 Å². The van der Waals surface area contributed by atoms with Crippen molar-refractivity contribution in [2.75, 3.05) is 0 Å². The Labute approximate surface area is 122 Å². The molecule has 2 rings (SSSR count). The lowest BCUT2D eigenvalue weighted by Gasteiger charge is -2.22. The molecule has 0 bridgehead atoms. The summed E-state index contributed by atoms with van der Waals surface area (Å²) >= 11 is 0. The lowest BCUT2D eigenvalue weighted by Crippen LogP contribution is -2.30. The Kier molecular flexibility index (Phi) is 4.96. The van der Waals surface area contributed by atoms with E-state index < -0.39 is 0 Å². The summed E-state index contributed by atoms with van der Waals surface area (Å²) in [5, 5.41) is 3.66. The van der Waals surface area contributed by atoms with Gasteiger partial charge in [0.05, 0.1) is 6.33 Å². The van der Waals surface area contributed by atoms with E-state index in [1.54, 1.807) is 6.20 Å². The highest BCUT2D eigenvalue weighted by Crippen LogP contribution is 2.17. The Morgan fingerprint density at radius 3 is 2.35 bits per heavy atom. The van der Waals surface area contributed by atoms with Crippen LogP contribution in [0, 0.1) is 5.92 Å². The van der Waals surface area contributed by atoms with Gasteiger partial charge in [0.15, 0.2) is 0 Å². The summed E-state index contributed by atoms with van der Waals surface area (Å²) in [6.07, 6.45) is 6.78. The first-order valence-electron chi connectivity index (χ1n) is 7.40. The highest BCUT2D eigenvalue weighted by Gasteiger charge is 2.10. The summed E-state index contributed by atoms with van der Waals surface area (Å²) in [4.78, 5) is 4.07. The third kappa shape index (κ3) is 3.94. The SMILES string of the molecule is CC(C)CC(C)NC(C)c1ccc(-n2ccnc2)cc1. The summed E-state index contributed by atoms with van der Waals surface area (Å²) in [7, 11) is 0. The molecule has 0 amide bonds. The van der Waals surface area contributed by atoms with Gasteiger partial charge < -0.3 is 9.88 Å². The van der Waals surface area contributed by atoms with Gasteiger partial charge in [-0.1, -0.05) is 26.0 Å². The minimum atomic E-state index is 0.376. The van der Waals surface area contributed by atoms with Crippen LogP contribution in [0.1, 0.15) is 45.7 Å². The minimum Gasteiger partial charge on any atom is -0.308 e. The van der Waals surface area contributed by atoms with E-state index in [1.165, 1.54) is 12.0 Å². The standard InChI is InChI=1S/C17H25N3/c1-13(2)11-14(3)19-15(4)16-5-7-17(8-6-16)20-10-9-18-12-20/h5-10,12-15,19H,11H2,1-4H3. The number of hydrogen-bond acceptors (Lipinski definition) is 2. The first-order valence-corrected chi connectivity index (χ1v) is 7.40. The van der Waals surface area contributed by atoms with Crippen molar-refractivity contribution >= 4 is 0 Å². The number of nitrogens with one attached hydrogen (secondary N) is 1. The third-order valence-corrected chi connectivity index (χ3v) is 3.56. The maximum Gasteiger partial charge on any atom is 0.0991 e. The van der Waals surface area contributed by atoms with Crippen LogP contribution in [0.3, 0.4) is 0 Å². The topological polar surface area (TPSA) is 29.9 Å². The fourth-order valence-electron chi connectivity index (χ4n) is 2.65. The van der Waals surface area contributed by atoms with Crippen LogP contribution < -0.4 is 5.32 Å². The molecule has 0 saturated carbocycles. The van der Waals surface area contributed by atoms with Gasteiger partial charge in [0.2, 0.25) is 0 Å². The smallest absolute Gasteiger partial charge is 0.0991 e. The number of hydrogen-bond donors (Lipinski definition) is 1. The molecule has 0 aliphatic rings. The summed E-state index contributed by atoms with van der Waals surface area (Å²) in [6.45, 7) is 9.02. The minimum absolute atomic E-state index is 0.376. The Hall–Kier alpha value is -1.61. The van der Waals surface area contributed by atoms with Gasteiger partial charge in [0.25, 0.3) is 0 Å². The Morgan fingerprint density at radius 1 is 1.10 bits per heavy atom. The van der Waals surface area contributed by atoms with Gasteiger partial charge in [-0.05, 0) is 43.9 Å². The molecule has 2 atom stereocenters. The molecule has 0 radical (unpaired) electrons. The molecule has 0 aliphatic heterocycles. The van der Waals surface area contributed by atoms with E-state index in [9.17, 15) is 0 Å². The molecule has 0 aliphatic carbocycles. The zero-order valence-electron chi connectivity index (χ0n) is 12.9. The number of imidazole rings is 1. The molecule has 1 heterocycles. The molecule has 1 aromatic heterocycles. The average Bonchev–Trinajstić information content (AvgIpc) is 2.91. The second-order valence-corrected chi connectivity index (χ2v) is 5.98. The van der Waals surface area contributed by atoms with Crippen molar-refractivity contribution in [1.82, 2.24) is 14.9 Å². The molecule has 0 saturated heterocycles. The number of aromatic nitrogens is 2. The molecule has 0 spiro atoms. The largest absolute Gasteiger partial charge is 0.308 e. The van der Waals surface area contributed by atoms with Gasteiger partial charge in [0, 0.05) is 30.2 Å². The summed E-state index contributed by atoms with van der Waals surface area (Å²) in [6, 6.07) is 9.58. The van der Waals surface area contributed by atoms with Crippen molar-refractivity contribution < 1.29 is 0 Å². The quantitative estimate of drug-likeness (QED) is 0.862. The van der Waals surface area contributed by atoms with Crippen LogP contribution in [-0.4, -0.2) is 15.6 Å². The average molecular weight is 271 g/mol. The van der Waals surface area contributed by atoms with Crippen molar-refractivity contribution in [3.63, 3.8) is 0 Å². The number of benzene rings is 1. The van der Waals surface area contributed by atoms with Crippen molar-refractivity contribution in [2.24, 2.45) is 5.92 Å². The maximum atomic E-state index is 4.07. The second kappa shape index (κ2) is 6.71.